The molecule has 2 aromatic rings. The highest BCUT2D eigenvalue weighted by atomic mass is 79.9. The van der Waals surface area contributed by atoms with Crippen LogP contribution in [-0.4, -0.2) is 0 Å². The number of thiophene rings is 1. The lowest BCUT2D eigenvalue weighted by Gasteiger charge is -2.25. The van der Waals surface area contributed by atoms with Crippen molar-refractivity contribution in [3.8, 4) is 0 Å². The first-order valence-electron chi connectivity index (χ1n) is 7.72. The maximum Gasteiger partial charge on any atom is 0.0634 e. The summed E-state index contributed by atoms with van der Waals surface area (Å²) in [5, 5.41) is 6.01. The van der Waals surface area contributed by atoms with E-state index in [0.29, 0.717) is 6.04 Å². The van der Waals surface area contributed by atoms with Crippen LogP contribution >= 0.6 is 27.3 Å². The molecular weight excluding hydrogens is 342 g/mol. The maximum atomic E-state index is 3.82. The summed E-state index contributed by atoms with van der Waals surface area (Å²) in [6.07, 6.45) is 5.47. The van der Waals surface area contributed by atoms with Crippen LogP contribution in [0.3, 0.4) is 0 Å². The normalized spacial score (nSPS) is 17.1. The van der Waals surface area contributed by atoms with Gasteiger partial charge >= 0.3 is 0 Å². The lowest BCUT2D eigenvalue weighted by atomic mass is 9.96. The van der Waals surface area contributed by atoms with Crippen LogP contribution in [0.2, 0.25) is 0 Å². The number of hydrogen-bond donors (Lipinski definition) is 1. The Kier molecular flexibility index (Phi) is 4.70. The van der Waals surface area contributed by atoms with Crippen LogP contribution < -0.4 is 5.32 Å². The van der Waals surface area contributed by atoms with Crippen molar-refractivity contribution in [2.24, 2.45) is 5.92 Å². The van der Waals surface area contributed by atoms with Crippen molar-refractivity contribution in [3.63, 3.8) is 0 Å². The van der Waals surface area contributed by atoms with E-state index in [9.17, 15) is 0 Å². The van der Waals surface area contributed by atoms with E-state index in [4.69, 9.17) is 0 Å². The van der Waals surface area contributed by atoms with Crippen molar-refractivity contribution >= 4 is 33.0 Å². The van der Waals surface area contributed by atoms with Gasteiger partial charge in [-0.05, 0) is 67.3 Å². The summed E-state index contributed by atoms with van der Waals surface area (Å²) in [6.45, 7) is 4.33. The molecule has 1 aromatic carbocycles. The Hall–Kier alpha value is -0.800. The lowest BCUT2D eigenvalue weighted by molar-refractivity contribution is 0.475. The van der Waals surface area contributed by atoms with Gasteiger partial charge in [0.2, 0.25) is 0 Å². The van der Waals surface area contributed by atoms with Crippen LogP contribution in [0.25, 0.3) is 0 Å². The first-order chi connectivity index (χ1) is 10.1. The molecule has 0 spiro atoms. The third kappa shape index (κ3) is 3.35. The molecule has 1 fully saturated rings. The Morgan fingerprint density at radius 3 is 2.43 bits per heavy atom. The Labute approximate surface area is 139 Å². The Morgan fingerprint density at radius 2 is 1.86 bits per heavy atom. The summed E-state index contributed by atoms with van der Waals surface area (Å²) < 4.78 is 1.22. The van der Waals surface area contributed by atoms with Crippen molar-refractivity contribution < 1.29 is 0 Å². The summed E-state index contributed by atoms with van der Waals surface area (Å²) in [5.74, 6) is 0.771. The van der Waals surface area contributed by atoms with Crippen molar-refractivity contribution in [3.05, 3.63) is 50.1 Å². The second-order valence-electron chi connectivity index (χ2n) is 6.11. The highest BCUT2D eigenvalue weighted by molar-refractivity contribution is 9.10. The molecule has 1 aliphatic rings. The quantitative estimate of drug-likeness (QED) is 0.655. The molecule has 112 valence electrons. The van der Waals surface area contributed by atoms with Crippen molar-refractivity contribution in [2.45, 2.75) is 45.6 Å². The highest BCUT2D eigenvalue weighted by Crippen LogP contribution is 2.40. The zero-order valence-electron chi connectivity index (χ0n) is 12.7. The molecule has 1 aliphatic carbocycles. The molecule has 1 atom stereocenters. The van der Waals surface area contributed by atoms with Crippen molar-refractivity contribution in [1.82, 2.24) is 0 Å². The standard InChI is InChI=1S/C18H22BrNS/c1-12-10-15(11-13(2)17(12)19)20-18(14-6-3-4-7-14)16-8-5-9-21-16/h5,8-11,14,18,20H,3-4,6-7H2,1-2H3. The topological polar surface area (TPSA) is 12.0 Å². The molecule has 1 unspecified atom stereocenters. The molecule has 0 saturated heterocycles. The van der Waals surface area contributed by atoms with Gasteiger partial charge in [0, 0.05) is 15.0 Å². The molecule has 0 radical (unpaired) electrons. The average Bonchev–Trinajstić information content (AvgIpc) is 3.14. The minimum absolute atomic E-state index is 0.465. The highest BCUT2D eigenvalue weighted by Gasteiger charge is 2.27. The molecule has 1 N–H and O–H groups in total. The van der Waals surface area contributed by atoms with E-state index in [2.05, 4.69) is 64.7 Å². The average molecular weight is 364 g/mol. The first-order valence-corrected chi connectivity index (χ1v) is 9.39. The van der Waals surface area contributed by atoms with Crippen molar-refractivity contribution in [2.75, 3.05) is 5.32 Å². The van der Waals surface area contributed by atoms with Crippen LogP contribution in [0, 0.1) is 19.8 Å². The number of rotatable bonds is 4. The van der Waals surface area contributed by atoms with Crippen LogP contribution in [0.5, 0.6) is 0 Å². The molecule has 3 heteroatoms. The molecule has 0 amide bonds. The molecule has 1 saturated carbocycles. The van der Waals surface area contributed by atoms with Crippen LogP contribution in [-0.2, 0) is 0 Å². The van der Waals surface area contributed by atoms with Gasteiger partial charge in [0.05, 0.1) is 6.04 Å². The predicted octanol–water partition coefficient (Wildman–Crippen LogP) is 6.47. The van der Waals surface area contributed by atoms with Gasteiger partial charge in [-0.2, -0.15) is 0 Å². The molecule has 21 heavy (non-hydrogen) atoms. The Bertz CT molecular complexity index is 577. The van der Waals surface area contributed by atoms with E-state index in [1.54, 1.807) is 0 Å². The molecule has 1 heterocycles. The van der Waals surface area contributed by atoms with E-state index < -0.39 is 0 Å². The fourth-order valence-corrected chi connectivity index (χ4v) is 4.49. The largest absolute Gasteiger partial charge is 0.377 e. The van der Waals surface area contributed by atoms with Gasteiger partial charge in [-0.3, -0.25) is 0 Å². The number of benzene rings is 1. The van der Waals surface area contributed by atoms with Gasteiger partial charge in [-0.15, -0.1) is 11.3 Å². The number of hydrogen-bond acceptors (Lipinski definition) is 2. The van der Waals surface area contributed by atoms with Gasteiger partial charge in [-0.1, -0.05) is 34.8 Å². The fraction of sp³-hybridized carbons (Fsp3) is 0.444. The smallest absolute Gasteiger partial charge is 0.0634 e. The lowest BCUT2D eigenvalue weighted by Crippen LogP contribution is -2.18. The van der Waals surface area contributed by atoms with Crippen molar-refractivity contribution in [1.29, 1.82) is 0 Å². The zero-order valence-corrected chi connectivity index (χ0v) is 15.1. The summed E-state index contributed by atoms with van der Waals surface area (Å²) in [4.78, 5) is 1.47. The van der Waals surface area contributed by atoms with Gasteiger partial charge < -0.3 is 5.32 Å². The SMILES string of the molecule is Cc1cc(NC(c2cccs2)C2CCCC2)cc(C)c1Br. The maximum absolute atomic E-state index is 3.82. The summed E-state index contributed by atoms with van der Waals surface area (Å²) in [5.41, 5.74) is 3.85. The number of halogens is 1. The molecule has 1 nitrogen and oxygen atoms in total. The van der Waals surface area contributed by atoms with E-state index in [1.807, 2.05) is 11.3 Å². The molecule has 0 aliphatic heterocycles. The van der Waals surface area contributed by atoms with Gasteiger partial charge in [0.25, 0.3) is 0 Å². The van der Waals surface area contributed by atoms with Crippen LogP contribution in [0.1, 0.15) is 47.7 Å². The minimum Gasteiger partial charge on any atom is -0.377 e. The predicted molar refractivity (Wildman–Crippen MR) is 96.3 cm³/mol. The number of aryl methyl sites for hydroxylation is 2. The number of anilines is 1. The third-order valence-electron chi connectivity index (χ3n) is 4.48. The first kappa shape index (κ1) is 15.1. The molecular formula is C18H22BrNS. The Morgan fingerprint density at radius 1 is 1.19 bits per heavy atom. The molecule has 1 aromatic heterocycles. The van der Waals surface area contributed by atoms with E-state index in [1.165, 1.54) is 51.8 Å². The monoisotopic (exact) mass is 363 g/mol. The van der Waals surface area contributed by atoms with Gasteiger partial charge in [0.1, 0.15) is 0 Å². The second kappa shape index (κ2) is 6.53. The van der Waals surface area contributed by atoms with Gasteiger partial charge in [-0.25, -0.2) is 0 Å². The van der Waals surface area contributed by atoms with Crippen LogP contribution in [0.4, 0.5) is 5.69 Å². The summed E-state index contributed by atoms with van der Waals surface area (Å²) in [6, 6.07) is 9.42. The second-order valence-corrected chi connectivity index (χ2v) is 7.88. The van der Waals surface area contributed by atoms with Gasteiger partial charge in [0.15, 0.2) is 0 Å². The molecule has 0 bridgehead atoms. The van der Waals surface area contributed by atoms with E-state index >= 15 is 0 Å². The fourth-order valence-electron chi connectivity index (χ4n) is 3.39. The van der Waals surface area contributed by atoms with Crippen LogP contribution in [0.15, 0.2) is 34.1 Å². The zero-order chi connectivity index (χ0) is 14.8. The van der Waals surface area contributed by atoms with E-state index in [0.717, 1.165) is 5.92 Å². The third-order valence-corrected chi connectivity index (χ3v) is 6.69. The summed E-state index contributed by atoms with van der Waals surface area (Å²) >= 11 is 5.54. The molecule has 3 rings (SSSR count). The van der Waals surface area contributed by atoms with E-state index in [-0.39, 0.29) is 0 Å². The minimum atomic E-state index is 0.465. The Balaban J connectivity index is 1.88. The summed E-state index contributed by atoms with van der Waals surface area (Å²) in [7, 11) is 0. The number of nitrogens with one attached hydrogen (secondary N) is 1.